The molecule has 0 saturated carbocycles. The van der Waals surface area contributed by atoms with Gasteiger partial charge in [0.05, 0.1) is 24.4 Å². The molecule has 2 aromatic carbocycles. The third-order valence-corrected chi connectivity index (χ3v) is 5.33. The molecular weight excluding hydrogens is 410 g/mol. The highest BCUT2D eigenvalue weighted by molar-refractivity contribution is 7.99. The van der Waals surface area contributed by atoms with Gasteiger partial charge in [-0.25, -0.2) is 4.98 Å². The second-order valence-electron chi connectivity index (χ2n) is 6.57. The zero-order valence-electron chi connectivity index (χ0n) is 16.9. The molecule has 0 unspecified atom stereocenters. The summed E-state index contributed by atoms with van der Waals surface area (Å²) in [6, 6.07) is 19.1. The highest BCUT2D eigenvalue weighted by atomic mass is 32.2. The topological polar surface area (TPSA) is 81.9 Å². The molecule has 1 amide bonds. The Labute approximate surface area is 184 Å². The second kappa shape index (κ2) is 9.90. The average molecular weight is 432 g/mol. The van der Waals surface area contributed by atoms with E-state index in [1.54, 1.807) is 12.5 Å². The van der Waals surface area contributed by atoms with Gasteiger partial charge in [-0.2, -0.15) is 0 Å². The van der Waals surface area contributed by atoms with Crippen LogP contribution in [-0.4, -0.2) is 38.0 Å². The van der Waals surface area contributed by atoms with Crippen LogP contribution in [0.2, 0.25) is 0 Å². The van der Waals surface area contributed by atoms with Gasteiger partial charge in [-0.15, -0.1) is 10.2 Å². The molecule has 2 aromatic heterocycles. The van der Waals surface area contributed by atoms with Crippen LogP contribution in [0.4, 0.5) is 5.69 Å². The van der Waals surface area contributed by atoms with Crippen LogP contribution >= 0.6 is 11.8 Å². The lowest BCUT2D eigenvalue weighted by molar-refractivity contribution is -0.113. The molecule has 2 heterocycles. The zero-order valence-corrected chi connectivity index (χ0v) is 17.7. The van der Waals surface area contributed by atoms with Gasteiger partial charge in [0.15, 0.2) is 0 Å². The van der Waals surface area contributed by atoms with E-state index in [2.05, 4.69) is 20.5 Å². The van der Waals surface area contributed by atoms with Crippen LogP contribution in [0, 0.1) is 0 Å². The van der Waals surface area contributed by atoms with Crippen molar-refractivity contribution in [3.8, 4) is 22.7 Å². The van der Waals surface area contributed by atoms with E-state index < -0.39 is 0 Å². The van der Waals surface area contributed by atoms with Crippen molar-refractivity contribution < 1.29 is 9.53 Å². The molecule has 31 heavy (non-hydrogen) atoms. The van der Waals surface area contributed by atoms with Gasteiger partial charge >= 0.3 is 0 Å². The number of hydrogen-bond donors (Lipinski definition) is 1. The molecule has 8 heteroatoms. The first kappa shape index (κ1) is 20.6. The lowest BCUT2D eigenvalue weighted by Crippen LogP contribution is -2.14. The Balaban J connectivity index is 1.30. The lowest BCUT2D eigenvalue weighted by atomic mass is 10.1. The number of amides is 1. The predicted molar refractivity (Wildman–Crippen MR) is 122 cm³/mol. The third-order valence-electron chi connectivity index (χ3n) is 4.41. The van der Waals surface area contributed by atoms with Gasteiger partial charge in [0.1, 0.15) is 10.8 Å². The molecule has 0 spiro atoms. The Morgan fingerprint density at radius 1 is 1.03 bits per heavy atom. The third kappa shape index (κ3) is 5.49. The van der Waals surface area contributed by atoms with E-state index >= 15 is 0 Å². The number of ether oxygens (including phenoxy) is 1. The summed E-state index contributed by atoms with van der Waals surface area (Å²) in [7, 11) is 0. The summed E-state index contributed by atoms with van der Waals surface area (Å²) < 4.78 is 7.34. The summed E-state index contributed by atoms with van der Waals surface area (Å²) in [4.78, 5) is 16.3. The van der Waals surface area contributed by atoms with E-state index in [0.29, 0.717) is 11.6 Å². The molecule has 0 bridgehead atoms. The molecule has 0 fully saturated rings. The normalized spacial score (nSPS) is 10.6. The number of anilines is 1. The summed E-state index contributed by atoms with van der Waals surface area (Å²) in [6.07, 6.45) is 5.40. The number of carbonyl (C=O) groups is 1. The van der Waals surface area contributed by atoms with E-state index in [4.69, 9.17) is 4.74 Å². The molecule has 0 radical (unpaired) electrons. The number of aromatic nitrogens is 4. The standard InChI is InChI=1S/C23H21N5O2S/c1-2-30-20-9-5-18(6-10-20)25-22(29)15-31-23-12-11-21(26-27-23)17-3-7-19(8-4-17)28-14-13-24-16-28/h3-14,16H,2,15H2,1H3,(H,25,29). The molecule has 4 rings (SSSR count). The number of imidazole rings is 1. The molecule has 4 aromatic rings. The highest BCUT2D eigenvalue weighted by Gasteiger charge is 2.07. The summed E-state index contributed by atoms with van der Waals surface area (Å²) in [5.74, 6) is 0.928. The minimum absolute atomic E-state index is 0.102. The van der Waals surface area contributed by atoms with Crippen LogP contribution in [0.5, 0.6) is 5.75 Å². The molecule has 156 valence electrons. The van der Waals surface area contributed by atoms with E-state index in [1.165, 1.54) is 11.8 Å². The Hall–Kier alpha value is -3.65. The van der Waals surface area contributed by atoms with Crippen molar-refractivity contribution in [3.63, 3.8) is 0 Å². The molecule has 0 aliphatic carbocycles. The number of nitrogens with zero attached hydrogens (tertiary/aromatic N) is 4. The fourth-order valence-corrected chi connectivity index (χ4v) is 3.52. The van der Waals surface area contributed by atoms with Gasteiger partial charge in [-0.1, -0.05) is 23.9 Å². The van der Waals surface area contributed by atoms with Crippen molar-refractivity contribution >= 4 is 23.4 Å². The van der Waals surface area contributed by atoms with Gasteiger partial charge in [-0.05, 0) is 55.5 Å². The minimum Gasteiger partial charge on any atom is -0.494 e. The quantitative estimate of drug-likeness (QED) is 0.415. The number of benzene rings is 2. The molecule has 0 atom stereocenters. The second-order valence-corrected chi connectivity index (χ2v) is 7.56. The van der Waals surface area contributed by atoms with Crippen molar-refractivity contribution in [1.29, 1.82) is 0 Å². The van der Waals surface area contributed by atoms with E-state index in [0.717, 1.165) is 28.4 Å². The van der Waals surface area contributed by atoms with Crippen LogP contribution in [0.3, 0.4) is 0 Å². The first-order chi connectivity index (χ1) is 15.2. The number of nitrogens with one attached hydrogen (secondary N) is 1. The van der Waals surface area contributed by atoms with E-state index in [1.807, 2.05) is 78.4 Å². The number of hydrogen-bond acceptors (Lipinski definition) is 6. The number of rotatable bonds is 8. The smallest absolute Gasteiger partial charge is 0.234 e. The van der Waals surface area contributed by atoms with E-state index in [9.17, 15) is 4.79 Å². The van der Waals surface area contributed by atoms with Crippen LogP contribution < -0.4 is 10.1 Å². The maximum Gasteiger partial charge on any atom is 0.234 e. The largest absolute Gasteiger partial charge is 0.494 e. The van der Waals surface area contributed by atoms with E-state index in [-0.39, 0.29) is 11.7 Å². The number of carbonyl (C=O) groups excluding carboxylic acids is 1. The Morgan fingerprint density at radius 2 is 1.84 bits per heavy atom. The summed E-state index contributed by atoms with van der Waals surface area (Å²) in [5, 5.41) is 12.1. The van der Waals surface area contributed by atoms with Crippen molar-refractivity contribution in [3.05, 3.63) is 79.4 Å². The maximum absolute atomic E-state index is 12.2. The summed E-state index contributed by atoms with van der Waals surface area (Å²) >= 11 is 1.34. The summed E-state index contributed by atoms with van der Waals surface area (Å²) in [6.45, 7) is 2.54. The SMILES string of the molecule is CCOc1ccc(NC(=O)CSc2ccc(-c3ccc(-n4ccnc4)cc3)nn2)cc1. The predicted octanol–water partition coefficient (Wildman–Crippen LogP) is 4.46. The Morgan fingerprint density at radius 3 is 2.48 bits per heavy atom. The first-order valence-corrected chi connectivity index (χ1v) is 10.8. The zero-order chi connectivity index (χ0) is 21.5. The van der Waals surface area contributed by atoms with Gasteiger partial charge in [0.2, 0.25) is 5.91 Å². The van der Waals surface area contributed by atoms with Gasteiger partial charge < -0.3 is 14.6 Å². The Bertz CT molecular complexity index is 1110. The average Bonchev–Trinajstić information content (AvgIpc) is 3.35. The van der Waals surface area contributed by atoms with Crippen molar-refractivity contribution in [2.24, 2.45) is 0 Å². The highest BCUT2D eigenvalue weighted by Crippen LogP contribution is 2.22. The fourth-order valence-electron chi connectivity index (χ4n) is 2.90. The first-order valence-electron chi connectivity index (χ1n) is 9.79. The minimum atomic E-state index is -0.102. The molecule has 1 N–H and O–H groups in total. The van der Waals surface area contributed by atoms with Gasteiger partial charge in [0, 0.05) is 29.3 Å². The molecule has 0 aliphatic heterocycles. The van der Waals surface area contributed by atoms with Gasteiger partial charge in [0.25, 0.3) is 0 Å². The molecule has 0 aliphatic rings. The van der Waals surface area contributed by atoms with Crippen molar-refractivity contribution in [1.82, 2.24) is 19.7 Å². The number of thioether (sulfide) groups is 1. The monoisotopic (exact) mass is 431 g/mol. The summed E-state index contributed by atoms with van der Waals surface area (Å²) in [5.41, 5.74) is 3.51. The van der Waals surface area contributed by atoms with Crippen LogP contribution in [0.15, 0.2) is 84.4 Å². The lowest BCUT2D eigenvalue weighted by Gasteiger charge is -2.07. The maximum atomic E-state index is 12.2. The van der Waals surface area contributed by atoms with Crippen LogP contribution in [0.1, 0.15) is 6.92 Å². The fraction of sp³-hybridized carbons (Fsp3) is 0.130. The molecular formula is C23H21N5O2S. The molecule has 0 saturated heterocycles. The van der Waals surface area contributed by atoms with Crippen LogP contribution in [0.25, 0.3) is 16.9 Å². The van der Waals surface area contributed by atoms with Gasteiger partial charge in [-0.3, -0.25) is 4.79 Å². The van der Waals surface area contributed by atoms with Crippen molar-refractivity contribution in [2.45, 2.75) is 11.9 Å². The Kier molecular flexibility index (Phi) is 6.59. The van der Waals surface area contributed by atoms with Crippen LogP contribution in [-0.2, 0) is 4.79 Å². The van der Waals surface area contributed by atoms with Crippen molar-refractivity contribution in [2.75, 3.05) is 17.7 Å². The molecule has 7 nitrogen and oxygen atoms in total.